The van der Waals surface area contributed by atoms with E-state index in [9.17, 15) is 4.79 Å². The molecular weight excluding hydrogens is 314 g/mol. The first kappa shape index (κ1) is 18.3. The van der Waals surface area contributed by atoms with Gasteiger partial charge in [0, 0.05) is 44.5 Å². The van der Waals surface area contributed by atoms with Crippen LogP contribution in [0.25, 0.3) is 0 Å². The van der Waals surface area contributed by atoms with Gasteiger partial charge in [0.1, 0.15) is 5.78 Å². The third kappa shape index (κ3) is 4.76. The van der Waals surface area contributed by atoms with Crippen LogP contribution in [0.5, 0.6) is 0 Å². The van der Waals surface area contributed by atoms with Gasteiger partial charge in [-0.15, -0.1) is 0 Å². The highest BCUT2D eigenvalue weighted by molar-refractivity contribution is 5.82. The van der Waals surface area contributed by atoms with E-state index in [1.807, 2.05) is 26.2 Å². The lowest BCUT2D eigenvalue weighted by Crippen LogP contribution is -2.45. The van der Waals surface area contributed by atoms with Crippen molar-refractivity contribution >= 4 is 11.7 Å². The summed E-state index contributed by atoms with van der Waals surface area (Å²) in [6.07, 6.45) is 6.20. The van der Waals surface area contributed by atoms with E-state index >= 15 is 0 Å². The molecule has 2 aliphatic heterocycles. The number of piperazine rings is 1. The topological polar surface area (TPSA) is 52.6 Å². The van der Waals surface area contributed by atoms with Gasteiger partial charge < -0.3 is 9.80 Å². The molecule has 6 nitrogen and oxygen atoms in total. The number of piperidine rings is 1. The predicted molar refractivity (Wildman–Crippen MR) is 100 cm³/mol. The van der Waals surface area contributed by atoms with Crippen LogP contribution < -0.4 is 4.90 Å². The third-order valence-corrected chi connectivity index (χ3v) is 5.53. The molecule has 0 aromatic carbocycles. The number of hydrogen-bond donors (Lipinski definition) is 0. The van der Waals surface area contributed by atoms with Crippen molar-refractivity contribution in [2.45, 2.75) is 32.6 Å². The van der Waals surface area contributed by atoms with Crippen LogP contribution in [0, 0.1) is 5.92 Å². The lowest BCUT2D eigenvalue weighted by atomic mass is 9.91. The number of carbonyl (C=O) groups is 1. The van der Waals surface area contributed by atoms with E-state index in [1.54, 1.807) is 0 Å². The minimum atomic E-state index is 0.133. The standard InChI is InChI=1S/C19H31N5O/c1-15(2)18(25)14-23-6-4-16(5-7-23)17-12-20-19(21-13-17)24-10-8-22(3)9-11-24/h12-13,15-16H,4-11,14H2,1-3H3. The van der Waals surface area contributed by atoms with Crippen molar-refractivity contribution in [2.75, 3.05) is 57.8 Å². The first-order valence-electron chi connectivity index (χ1n) is 9.53. The highest BCUT2D eigenvalue weighted by atomic mass is 16.1. The lowest BCUT2D eigenvalue weighted by Gasteiger charge is -2.33. The maximum atomic E-state index is 11.9. The van der Waals surface area contributed by atoms with Gasteiger partial charge in [-0.05, 0) is 44.5 Å². The molecule has 3 heterocycles. The number of rotatable bonds is 5. The average molecular weight is 345 g/mol. The summed E-state index contributed by atoms with van der Waals surface area (Å²) in [5, 5.41) is 0. The molecule has 2 aliphatic rings. The monoisotopic (exact) mass is 345 g/mol. The molecule has 0 amide bonds. The van der Waals surface area contributed by atoms with E-state index in [0.717, 1.165) is 58.1 Å². The molecule has 0 spiro atoms. The number of hydrogen-bond acceptors (Lipinski definition) is 6. The van der Waals surface area contributed by atoms with Gasteiger partial charge in [0.05, 0.1) is 6.54 Å². The van der Waals surface area contributed by atoms with Crippen LogP contribution in [-0.2, 0) is 4.79 Å². The first-order chi connectivity index (χ1) is 12.0. The number of anilines is 1. The fourth-order valence-corrected chi connectivity index (χ4v) is 3.54. The van der Waals surface area contributed by atoms with Crippen LogP contribution in [0.4, 0.5) is 5.95 Å². The minimum absolute atomic E-state index is 0.133. The van der Waals surface area contributed by atoms with Crippen LogP contribution in [0.2, 0.25) is 0 Å². The van der Waals surface area contributed by atoms with E-state index in [4.69, 9.17) is 0 Å². The lowest BCUT2D eigenvalue weighted by molar-refractivity contribution is -0.123. The molecule has 0 N–H and O–H groups in total. The Kier molecular flexibility index (Phi) is 6.02. The SMILES string of the molecule is CC(C)C(=O)CN1CCC(c2cnc(N3CCN(C)CC3)nc2)CC1. The summed E-state index contributed by atoms with van der Waals surface area (Å²) in [5.41, 5.74) is 1.24. The van der Waals surface area contributed by atoms with Crippen LogP contribution in [0.1, 0.15) is 38.2 Å². The smallest absolute Gasteiger partial charge is 0.225 e. The minimum Gasteiger partial charge on any atom is -0.338 e. The fraction of sp³-hybridized carbons (Fsp3) is 0.737. The molecule has 0 aliphatic carbocycles. The summed E-state index contributed by atoms with van der Waals surface area (Å²) in [6, 6.07) is 0. The number of Topliss-reactive ketones (excluding diaryl/α,β-unsaturated/α-hetero) is 1. The molecule has 2 fully saturated rings. The van der Waals surface area contributed by atoms with E-state index < -0.39 is 0 Å². The van der Waals surface area contributed by atoms with E-state index in [2.05, 4.69) is 31.7 Å². The Labute approximate surface area is 151 Å². The highest BCUT2D eigenvalue weighted by Gasteiger charge is 2.24. The van der Waals surface area contributed by atoms with Gasteiger partial charge in [0.15, 0.2) is 0 Å². The second-order valence-corrected chi connectivity index (χ2v) is 7.78. The van der Waals surface area contributed by atoms with Crippen molar-refractivity contribution in [3.8, 4) is 0 Å². The summed E-state index contributed by atoms with van der Waals surface area (Å²) in [4.78, 5) is 28.0. The molecule has 2 saturated heterocycles. The van der Waals surface area contributed by atoms with Crippen LogP contribution >= 0.6 is 0 Å². The van der Waals surface area contributed by atoms with Crippen LogP contribution in [0.15, 0.2) is 12.4 Å². The Hall–Kier alpha value is -1.53. The number of carbonyl (C=O) groups excluding carboxylic acids is 1. The Morgan fingerprint density at radius 2 is 1.68 bits per heavy atom. The normalized spacial score (nSPS) is 21.0. The Morgan fingerprint density at radius 1 is 1.08 bits per heavy atom. The molecule has 0 atom stereocenters. The van der Waals surface area contributed by atoms with Gasteiger partial charge in [-0.1, -0.05) is 13.8 Å². The molecule has 1 aromatic heterocycles. The molecule has 25 heavy (non-hydrogen) atoms. The van der Waals surface area contributed by atoms with Crippen molar-refractivity contribution < 1.29 is 4.79 Å². The quantitative estimate of drug-likeness (QED) is 0.809. The maximum Gasteiger partial charge on any atom is 0.225 e. The maximum absolute atomic E-state index is 11.9. The van der Waals surface area contributed by atoms with Crippen LogP contribution in [-0.4, -0.2) is 78.4 Å². The van der Waals surface area contributed by atoms with Gasteiger partial charge in [-0.3, -0.25) is 9.69 Å². The van der Waals surface area contributed by atoms with Crippen molar-refractivity contribution in [1.29, 1.82) is 0 Å². The number of nitrogens with zero attached hydrogens (tertiary/aromatic N) is 5. The molecule has 6 heteroatoms. The largest absolute Gasteiger partial charge is 0.338 e. The van der Waals surface area contributed by atoms with Crippen molar-refractivity contribution in [3.63, 3.8) is 0 Å². The first-order valence-corrected chi connectivity index (χ1v) is 9.53. The molecule has 1 aromatic rings. The zero-order chi connectivity index (χ0) is 17.8. The Bertz CT molecular complexity index is 558. The van der Waals surface area contributed by atoms with Gasteiger partial charge >= 0.3 is 0 Å². The molecule has 0 saturated carbocycles. The van der Waals surface area contributed by atoms with Crippen molar-refractivity contribution in [3.05, 3.63) is 18.0 Å². The average Bonchev–Trinajstić information content (AvgIpc) is 2.63. The molecular formula is C19H31N5O. The Balaban J connectivity index is 1.51. The highest BCUT2D eigenvalue weighted by Crippen LogP contribution is 2.27. The number of likely N-dealkylation sites (tertiary alicyclic amines) is 1. The van der Waals surface area contributed by atoms with Gasteiger partial charge in [-0.2, -0.15) is 0 Å². The number of likely N-dealkylation sites (N-methyl/N-ethyl adjacent to an activating group) is 1. The molecule has 0 radical (unpaired) electrons. The molecule has 3 rings (SSSR count). The zero-order valence-corrected chi connectivity index (χ0v) is 15.8. The summed E-state index contributed by atoms with van der Waals surface area (Å²) >= 11 is 0. The number of ketones is 1. The van der Waals surface area contributed by atoms with E-state index in [1.165, 1.54) is 5.56 Å². The van der Waals surface area contributed by atoms with Gasteiger partial charge in [0.25, 0.3) is 0 Å². The van der Waals surface area contributed by atoms with Gasteiger partial charge in [0.2, 0.25) is 5.95 Å². The zero-order valence-electron chi connectivity index (χ0n) is 15.8. The second-order valence-electron chi connectivity index (χ2n) is 7.78. The molecule has 0 bridgehead atoms. The molecule has 0 unspecified atom stereocenters. The van der Waals surface area contributed by atoms with Crippen LogP contribution in [0.3, 0.4) is 0 Å². The van der Waals surface area contributed by atoms with Gasteiger partial charge in [-0.25, -0.2) is 9.97 Å². The molecule has 138 valence electrons. The third-order valence-electron chi connectivity index (χ3n) is 5.53. The van der Waals surface area contributed by atoms with Crippen molar-refractivity contribution in [2.24, 2.45) is 5.92 Å². The summed E-state index contributed by atoms with van der Waals surface area (Å²) in [7, 11) is 2.16. The summed E-state index contributed by atoms with van der Waals surface area (Å²) in [5.74, 6) is 1.86. The van der Waals surface area contributed by atoms with E-state index in [-0.39, 0.29) is 5.92 Å². The van der Waals surface area contributed by atoms with E-state index in [0.29, 0.717) is 18.2 Å². The Morgan fingerprint density at radius 3 is 2.24 bits per heavy atom. The summed E-state index contributed by atoms with van der Waals surface area (Å²) in [6.45, 7) is 10.7. The predicted octanol–water partition coefficient (Wildman–Crippen LogP) is 1.63. The fourth-order valence-electron chi connectivity index (χ4n) is 3.54. The second kappa shape index (κ2) is 8.23. The van der Waals surface area contributed by atoms with Crippen molar-refractivity contribution in [1.82, 2.24) is 19.8 Å². The summed E-state index contributed by atoms with van der Waals surface area (Å²) < 4.78 is 0. The number of aromatic nitrogens is 2.